The third-order valence-electron chi connectivity index (χ3n) is 4.30. The fourth-order valence-electron chi connectivity index (χ4n) is 3.17. The van der Waals surface area contributed by atoms with Crippen LogP contribution in [-0.2, 0) is 15.9 Å². The van der Waals surface area contributed by atoms with Gasteiger partial charge in [0.15, 0.2) is 5.78 Å². The molecule has 2 aromatic rings. The zero-order valence-corrected chi connectivity index (χ0v) is 13.9. The molecule has 6 nitrogen and oxygen atoms in total. The van der Waals surface area contributed by atoms with E-state index in [1.165, 1.54) is 0 Å². The Balaban J connectivity index is 1.77. The predicted octanol–water partition coefficient (Wildman–Crippen LogP) is 3.02. The lowest BCUT2D eigenvalue weighted by atomic mass is 9.84. The molecule has 128 valence electrons. The van der Waals surface area contributed by atoms with Crippen LogP contribution < -0.4 is 0 Å². The van der Waals surface area contributed by atoms with Gasteiger partial charge in [0.25, 0.3) is 0 Å². The molecule has 24 heavy (non-hydrogen) atoms. The van der Waals surface area contributed by atoms with E-state index in [0.29, 0.717) is 42.9 Å². The zero-order valence-electron chi connectivity index (χ0n) is 13.9. The van der Waals surface area contributed by atoms with Crippen LogP contribution in [0.1, 0.15) is 57.1 Å². The van der Waals surface area contributed by atoms with E-state index < -0.39 is 5.97 Å². The smallest absolute Gasteiger partial charge is 0.355 e. The van der Waals surface area contributed by atoms with Gasteiger partial charge < -0.3 is 18.9 Å². The van der Waals surface area contributed by atoms with Crippen molar-refractivity contribution in [3.8, 4) is 0 Å². The molecule has 0 bridgehead atoms. The minimum Gasteiger partial charge on any atom is -0.469 e. The Morgan fingerprint density at radius 1 is 1.38 bits per heavy atom. The largest absolute Gasteiger partial charge is 0.469 e. The van der Waals surface area contributed by atoms with Gasteiger partial charge >= 0.3 is 5.97 Å². The van der Waals surface area contributed by atoms with E-state index in [-0.39, 0.29) is 18.3 Å². The Morgan fingerprint density at radius 2 is 2.21 bits per heavy atom. The Hall–Kier alpha value is -2.34. The third-order valence-corrected chi connectivity index (χ3v) is 4.30. The van der Waals surface area contributed by atoms with Crippen molar-refractivity contribution >= 4 is 11.8 Å². The highest BCUT2D eigenvalue weighted by atomic mass is 16.6. The van der Waals surface area contributed by atoms with Crippen LogP contribution in [0.15, 0.2) is 22.8 Å². The first-order valence-corrected chi connectivity index (χ1v) is 8.14. The summed E-state index contributed by atoms with van der Waals surface area (Å²) < 4.78 is 15.8. The van der Waals surface area contributed by atoms with Crippen LogP contribution in [-0.4, -0.2) is 36.6 Å². The van der Waals surface area contributed by atoms with Crippen molar-refractivity contribution in [2.24, 2.45) is 0 Å². The van der Waals surface area contributed by atoms with E-state index in [1.54, 1.807) is 13.2 Å². The molecule has 1 unspecified atom stereocenters. The number of carbonyl (C=O) groups is 2. The van der Waals surface area contributed by atoms with Crippen molar-refractivity contribution < 1.29 is 23.5 Å². The summed E-state index contributed by atoms with van der Waals surface area (Å²) in [5.41, 5.74) is 2.41. The normalized spacial score (nSPS) is 16.9. The van der Waals surface area contributed by atoms with Crippen LogP contribution in [0.2, 0.25) is 0 Å². The molecule has 0 aliphatic heterocycles. The van der Waals surface area contributed by atoms with E-state index in [9.17, 15) is 9.59 Å². The van der Waals surface area contributed by atoms with Gasteiger partial charge in [-0.3, -0.25) is 4.79 Å². The summed E-state index contributed by atoms with van der Waals surface area (Å²) in [5, 5.41) is 0. The van der Waals surface area contributed by atoms with Gasteiger partial charge in [-0.1, -0.05) is 0 Å². The highest BCUT2D eigenvalue weighted by Crippen LogP contribution is 2.35. The average Bonchev–Trinajstić information content (AvgIpc) is 3.20. The number of ether oxygens (including phenoxy) is 2. The van der Waals surface area contributed by atoms with Gasteiger partial charge in [0.2, 0.25) is 0 Å². The van der Waals surface area contributed by atoms with Crippen molar-refractivity contribution in [1.29, 1.82) is 0 Å². The van der Waals surface area contributed by atoms with Crippen LogP contribution in [0.3, 0.4) is 0 Å². The summed E-state index contributed by atoms with van der Waals surface area (Å²) in [4.78, 5) is 27.8. The molecule has 2 aromatic heterocycles. The minimum absolute atomic E-state index is 0.000116. The number of rotatable bonds is 6. The SMILES string of the molecule is CCOCCOC(=O)c1[nH]c2c(c1C)C(=O)CC(c1ccco1)C2. The fourth-order valence-corrected chi connectivity index (χ4v) is 3.17. The number of nitrogens with one attached hydrogen (secondary N) is 1. The van der Waals surface area contributed by atoms with Gasteiger partial charge in [-0.15, -0.1) is 0 Å². The van der Waals surface area contributed by atoms with Gasteiger partial charge in [0, 0.05) is 30.2 Å². The molecular weight excluding hydrogens is 310 g/mol. The molecule has 2 heterocycles. The van der Waals surface area contributed by atoms with Crippen molar-refractivity contribution in [2.45, 2.75) is 32.6 Å². The Morgan fingerprint density at radius 3 is 2.92 bits per heavy atom. The van der Waals surface area contributed by atoms with Gasteiger partial charge in [-0.05, 0) is 38.0 Å². The second kappa shape index (κ2) is 7.05. The summed E-state index contributed by atoms with van der Waals surface area (Å²) >= 11 is 0. The van der Waals surface area contributed by atoms with Crippen LogP contribution >= 0.6 is 0 Å². The number of aromatic nitrogens is 1. The predicted molar refractivity (Wildman–Crippen MR) is 86.4 cm³/mol. The number of hydrogen-bond acceptors (Lipinski definition) is 5. The molecule has 0 saturated heterocycles. The van der Waals surface area contributed by atoms with Crippen molar-refractivity contribution in [3.05, 3.63) is 46.7 Å². The lowest BCUT2D eigenvalue weighted by Gasteiger charge is -2.19. The van der Waals surface area contributed by atoms with Gasteiger partial charge in [0.05, 0.1) is 12.9 Å². The van der Waals surface area contributed by atoms with Gasteiger partial charge in [0.1, 0.15) is 18.1 Å². The topological polar surface area (TPSA) is 81.5 Å². The molecule has 1 aliphatic rings. The summed E-state index contributed by atoms with van der Waals surface area (Å²) in [5.74, 6) is 0.366. The van der Waals surface area contributed by atoms with Crippen molar-refractivity contribution in [3.63, 3.8) is 0 Å². The molecule has 0 spiro atoms. The van der Waals surface area contributed by atoms with E-state index in [4.69, 9.17) is 13.9 Å². The summed E-state index contributed by atoms with van der Waals surface area (Å²) in [6, 6.07) is 3.69. The lowest BCUT2D eigenvalue weighted by Crippen LogP contribution is -2.18. The molecule has 0 saturated carbocycles. The maximum Gasteiger partial charge on any atom is 0.355 e. The van der Waals surface area contributed by atoms with E-state index in [1.807, 2.05) is 19.1 Å². The quantitative estimate of drug-likeness (QED) is 0.650. The first-order chi connectivity index (χ1) is 11.6. The van der Waals surface area contributed by atoms with Crippen LogP contribution in [0.25, 0.3) is 0 Å². The number of fused-ring (bicyclic) bond motifs is 1. The number of ketones is 1. The number of carbonyl (C=O) groups excluding carboxylic acids is 2. The summed E-state index contributed by atoms with van der Waals surface area (Å²) in [7, 11) is 0. The highest BCUT2D eigenvalue weighted by Gasteiger charge is 2.33. The minimum atomic E-state index is -0.455. The molecule has 1 N–H and O–H groups in total. The molecule has 0 radical (unpaired) electrons. The Labute approximate surface area is 140 Å². The highest BCUT2D eigenvalue weighted by molar-refractivity contribution is 6.03. The third kappa shape index (κ3) is 3.14. The standard InChI is InChI=1S/C18H21NO5/c1-3-22-7-8-24-18(21)17-11(2)16-13(19-17)9-12(10-14(16)20)15-5-4-6-23-15/h4-6,12,19H,3,7-10H2,1-2H3. The lowest BCUT2D eigenvalue weighted by molar-refractivity contribution is 0.0329. The van der Waals surface area contributed by atoms with Gasteiger partial charge in [-0.2, -0.15) is 0 Å². The van der Waals surface area contributed by atoms with E-state index >= 15 is 0 Å². The fraction of sp³-hybridized carbons (Fsp3) is 0.444. The monoisotopic (exact) mass is 331 g/mol. The zero-order chi connectivity index (χ0) is 17.1. The molecule has 0 amide bonds. The van der Waals surface area contributed by atoms with Gasteiger partial charge in [-0.25, -0.2) is 4.79 Å². The maximum atomic E-state index is 12.5. The maximum absolute atomic E-state index is 12.5. The van der Waals surface area contributed by atoms with Crippen molar-refractivity contribution in [2.75, 3.05) is 19.8 Å². The average molecular weight is 331 g/mol. The second-order valence-electron chi connectivity index (χ2n) is 5.86. The second-order valence-corrected chi connectivity index (χ2v) is 5.86. The number of Topliss-reactive ketones (excluding diaryl/α,β-unsaturated/α-hetero) is 1. The Bertz CT molecular complexity index is 729. The first-order valence-electron chi connectivity index (χ1n) is 8.14. The summed E-state index contributed by atoms with van der Waals surface area (Å²) in [6.07, 6.45) is 2.64. The summed E-state index contributed by atoms with van der Waals surface area (Å²) in [6.45, 7) is 4.79. The van der Waals surface area contributed by atoms with E-state index in [0.717, 1.165) is 11.5 Å². The molecule has 1 atom stereocenters. The number of esters is 1. The van der Waals surface area contributed by atoms with Crippen molar-refractivity contribution in [1.82, 2.24) is 4.98 Å². The molecule has 0 aromatic carbocycles. The number of H-pyrrole nitrogens is 1. The molecule has 3 rings (SSSR count). The Kier molecular flexibility index (Phi) is 4.85. The van der Waals surface area contributed by atoms with Crippen LogP contribution in [0.4, 0.5) is 0 Å². The molecule has 6 heteroatoms. The van der Waals surface area contributed by atoms with Crippen LogP contribution in [0.5, 0.6) is 0 Å². The number of hydrogen-bond donors (Lipinski definition) is 1. The number of furan rings is 1. The molecule has 1 aliphatic carbocycles. The van der Waals surface area contributed by atoms with Crippen LogP contribution in [0, 0.1) is 6.92 Å². The molecule has 0 fully saturated rings. The first kappa shape index (κ1) is 16.5. The van der Waals surface area contributed by atoms with E-state index in [2.05, 4.69) is 4.98 Å². The molecular formula is C18H21NO5. The number of aromatic amines is 1.